The van der Waals surface area contributed by atoms with E-state index in [2.05, 4.69) is 0 Å². The van der Waals surface area contributed by atoms with Gasteiger partial charge in [0, 0.05) is 12.1 Å². The lowest BCUT2D eigenvalue weighted by Crippen LogP contribution is -2.60. The quantitative estimate of drug-likeness (QED) is 0.864. The molecule has 0 spiro atoms. The normalized spacial score (nSPS) is 28.7. The molecule has 3 rings (SSSR count). The van der Waals surface area contributed by atoms with Crippen molar-refractivity contribution in [1.29, 1.82) is 0 Å². The van der Waals surface area contributed by atoms with E-state index >= 15 is 0 Å². The Bertz CT molecular complexity index is 641. The molecule has 2 unspecified atom stereocenters. The molecule has 0 saturated carbocycles. The maximum atomic E-state index is 13.4. The minimum Gasteiger partial charge on any atom is -0.444 e. The van der Waals surface area contributed by atoms with Crippen LogP contribution in [0.5, 0.6) is 0 Å². The molecule has 2 saturated heterocycles. The van der Waals surface area contributed by atoms with Crippen molar-refractivity contribution in [2.45, 2.75) is 89.0 Å². The molecule has 144 valence electrons. The predicted molar refractivity (Wildman–Crippen MR) is 98.4 cm³/mol. The van der Waals surface area contributed by atoms with Gasteiger partial charge in [0.15, 0.2) is 0 Å². The molecule has 2 fully saturated rings. The Labute approximate surface area is 155 Å². The van der Waals surface area contributed by atoms with Crippen LogP contribution in [0.2, 0.25) is 0 Å². The van der Waals surface area contributed by atoms with Crippen molar-refractivity contribution >= 4 is 6.09 Å². The fraction of sp³-hybridized carbons (Fsp3) is 0.667. The van der Waals surface area contributed by atoms with Gasteiger partial charge in [0.1, 0.15) is 11.4 Å². The molecule has 2 aliphatic rings. The van der Waals surface area contributed by atoms with Gasteiger partial charge in [-0.05, 0) is 83.4 Å². The van der Waals surface area contributed by atoms with Crippen LogP contribution < -0.4 is 0 Å². The molecule has 2 bridgehead atoms. The second-order valence-electron chi connectivity index (χ2n) is 8.89. The summed E-state index contributed by atoms with van der Waals surface area (Å²) in [5, 5.41) is 11.2. The molecular formula is C21H30FNO3. The summed E-state index contributed by atoms with van der Waals surface area (Å²) in [6, 6.07) is 6.60. The van der Waals surface area contributed by atoms with E-state index in [1.165, 1.54) is 12.1 Å². The SMILES string of the molecule is CC(C)(C)OC(=O)N1C2CCCC1CC(O)(CCc1cccc(F)c1)C2. The molecule has 26 heavy (non-hydrogen) atoms. The number of amides is 1. The molecule has 0 aromatic heterocycles. The lowest BCUT2D eigenvalue weighted by Gasteiger charge is -2.51. The third kappa shape index (κ3) is 4.56. The number of hydrogen-bond donors (Lipinski definition) is 1. The number of ether oxygens (including phenoxy) is 1. The van der Waals surface area contributed by atoms with E-state index in [1.807, 2.05) is 31.7 Å². The van der Waals surface area contributed by atoms with Crippen molar-refractivity contribution < 1.29 is 19.0 Å². The molecular weight excluding hydrogens is 333 g/mol. The summed E-state index contributed by atoms with van der Waals surface area (Å²) in [6.07, 6.45) is 4.98. The first-order chi connectivity index (χ1) is 12.2. The van der Waals surface area contributed by atoms with E-state index in [4.69, 9.17) is 4.74 Å². The van der Waals surface area contributed by atoms with E-state index in [1.54, 1.807) is 6.07 Å². The van der Waals surface area contributed by atoms with E-state index in [0.29, 0.717) is 25.7 Å². The molecule has 2 heterocycles. The molecule has 1 amide bonds. The van der Waals surface area contributed by atoms with Crippen molar-refractivity contribution in [1.82, 2.24) is 4.90 Å². The van der Waals surface area contributed by atoms with Crippen LogP contribution in [0.3, 0.4) is 0 Å². The highest BCUT2D eigenvalue weighted by Gasteiger charge is 2.48. The molecule has 0 radical (unpaired) electrons. The Morgan fingerprint density at radius 3 is 2.54 bits per heavy atom. The molecule has 4 nitrogen and oxygen atoms in total. The van der Waals surface area contributed by atoms with E-state index < -0.39 is 11.2 Å². The van der Waals surface area contributed by atoms with Gasteiger partial charge >= 0.3 is 6.09 Å². The zero-order chi connectivity index (χ0) is 18.9. The minimum absolute atomic E-state index is 0.0230. The highest BCUT2D eigenvalue weighted by atomic mass is 19.1. The average Bonchev–Trinajstić information content (AvgIpc) is 2.50. The molecule has 1 aromatic carbocycles. The number of carbonyl (C=O) groups excluding carboxylic acids is 1. The first-order valence-electron chi connectivity index (χ1n) is 9.63. The minimum atomic E-state index is -0.805. The zero-order valence-electron chi connectivity index (χ0n) is 16.0. The standard InChI is InChI=1S/C21H30FNO3/c1-20(2,3)26-19(24)23-17-8-5-9-18(23)14-21(25,13-17)11-10-15-6-4-7-16(22)12-15/h4,6-7,12,17-18,25H,5,8-11,13-14H2,1-3H3. The number of nitrogens with zero attached hydrogens (tertiary/aromatic N) is 1. The third-order valence-corrected chi connectivity index (χ3v) is 5.47. The van der Waals surface area contributed by atoms with Crippen LogP contribution in [0.15, 0.2) is 24.3 Å². The van der Waals surface area contributed by atoms with Gasteiger partial charge in [-0.15, -0.1) is 0 Å². The van der Waals surface area contributed by atoms with E-state index in [-0.39, 0.29) is 24.0 Å². The Hall–Kier alpha value is -1.62. The number of hydrogen-bond acceptors (Lipinski definition) is 3. The van der Waals surface area contributed by atoms with Gasteiger partial charge in [-0.3, -0.25) is 0 Å². The van der Waals surface area contributed by atoms with Gasteiger partial charge in [-0.25, -0.2) is 9.18 Å². The van der Waals surface area contributed by atoms with Gasteiger partial charge < -0.3 is 14.7 Å². The van der Waals surface area contributed by atoms with Gasteiger partial charge in [0.05, 0.1) is 5.60 Å². The van der Waals surface area contributed by atoms with Gasteiger partial charge in [-0.2, -0.15) is 0 Å². The van der Waals surface area contributed by atoms with Crippen molar-refractivity contribution in [3.63, 3.8) is 0 Å². The van der Waals surface area contributed by atoms with Crippen LogP contribution >= 0.6 is 0 Å². The number of rotatable bonds is 3. The molecule has 2 atom stereocenters. The number of aryl methyl sites for hydroxylation is 1. The highest BCUT2D eigenvalue weighted by molar-refractivity contribution is 5.69. The number of benzene rings is 1. The van der Waals surface area contributed by atoms with Crippen molar-refractivity contribution in [2.24, 2.45) is 0 Å². The van der Waals surface area contributed by atoms with Crippen molar-refractivity contribution in [3.8, 4) is 0 Å². The van der Waals surface area contributed by atoms with Crippen molar-refractivity contribution in [2.75, 3.05) is 0 Å². The summed E-state index contributed by atoms with van der Waals surface area (Å²) in [6.45, 7) is 5.62. The molecule has 0 aliphatic carbocycles. The molecule has 5 heteroatoms. The summed E-state index contributed by atoms with van der Waals surface area (Å²) in [7, 11) is 0. The Balaban J connectivity index is 1.67. The summed E-state index contributed by atoms with van der Waals surface area (Å²) >= 11 is 0. The Morgan fingerprint density at radius 1 is 1.31 bits per heavy atom. The maximum Gasteiger partial charge on any atom is 0.410 e. The maximum absolute atomic E-state index is 13.4. The van der Waals surface area contributed by atoms with Gasteiger partial charge in [0.25, 0.3) is 0 Å². The van der Waals surface area contributed by atoms with Crippen LogP contribution in [0.4, 0.5) is 9.18 Å². The first-order valence-corrected chi connectivity index (χ1v) is 9.63. The summed E-state index contributed by atoms with van der Waals surface area (Å²) in [4.78, 5) is 14.5. The van der Waals surface area contributed by atoms with E-state index in [0.717, 1.165) is 24.8 Å². The number of halogens is 1. The van der Waals surface area contributed by atoms with Crippen LogP contribution in [-0.4, -0.2) is 39.4 Å². The lowest BCUT2D eigenvalue weighted by atomic mass is 9.73. The Kier molecular flexibility index (Phi) is 5.29. The van der Waals surface area contributed by atoms with Crippen LogP contribution in [0.1, 0.15) is 64.9 Å². The smallest absolute Gasteiger partial charge is 0.410 e. The number of carbonyl (C=O) groups is 1. The Morgan fingerprint density at radius 2 is 1.96 bits per heavy atom. The van der Waals surface area contributed by atoms with Crippen LogP contribution in [0, 0.1) is 5.82 Å². The fourth-order valence-electron chi connectivity index (χ4n) is 4.41. The van der Waals surface area contributed by atoms with Crippen molar-refractivity contribution in [3.05, 3.63) is 35.6 Å². The average molecular weight is 363 g/mol. The largest absolute Gasteiger partial charge is 0.444 e. The van der Waals surface area contributed by atoms with Crippen LogP contribution in [-0.2, 0) is 11.2 Å². The monoisotopic (exact) mass is 363 g/mol. The van der Waals surface area contributed by atoms with Gasteiger partial charge in [-0.1, -0.05) is 12.1 Å². The first kappa shape index (κ1) is 19.2. The second-order valence-corrected chi connectivity index (χ2v) is 8.89. The molecule has 1 aromatic rings. The number of aliphatic hydroxyl groups is 1. The molecule has 1 N–H and O–H groups in total. The third-order valence-electron chi connectivity index (χ3n) is 5.47. The van der Waals surface area contributed by atoms with E-state index in [9.17, 15) is 14.3 Å². The fourth-order valence-corrected chi connectivity index (χ4v) is 4.41. The summed E-state index contributed by atoms with van der Waals surface area (Å²) < 4.78 is 19.0. The number of fused-ring (bicyclic) bond motifs is 2. The van der Waals surface area contributed by atoms with Crippen LogP contribution in [0.25, 0.3) is 0 Å². The second kappa shape index (κ2) is 7.18. The van der Waals surface area contributed by atoms with Gasteiger partial charge in [0.2, 0.25) is 0 Å². The zero-order valence-corrected chi connectivity index (χ0v) is 16.0. The lowest BCUT2D eigenvalue weighted by molar-refractivity contribution is -0.0955. The molecule has 2 aliphatic heterocycles. The summed E-state index contributed by atoms with van der Waals surface area (Å²) in [5.41, 5.74) is -0.421. The number of piperidine rings is 2. The predicted octanol–water partition coefficient (Wildman–Crippen LogP) is 4.44. The highest BCUT2D eigenvalue weighted by Crippen LogP contribution is 2.41. The summed E-state index contributed by atoms with van der Waals surface area (Å²) in [5.74, 6) is -0.244. The topological polar surface area (TPSA) is 49.8 Å².